The van der Waals surface area contributed by atoms with Crippen LogP contribution in [0.15, 0.2) is 48.0 Å². The number of methoxy groups -OCH3 is 3. The number of allylic oxidation sites excluding steroid dienone is 1. The smallest absolute Gasteiger partial charge is 0.203 e. The maximum absolute atomic E-state index is 12.6. The first-order valence-corrected chi connectivity index (χ1v) is 7.16. The van der Waals surface area contributed by atoms with Gasteiger partial charge in [-0.1, -0.05) is 24.3 Å². The quantitative estimate of drug-likeness (QED) is 0.462. The second-order valence-corrected chi connectivity index (χ2v) is 4.81. The van der Waals surface area contributed by atoms with Crippen molar-refractivity contribution in [2.45, 2.75) is 0 Å². The van der Waals surface area contributed by atoms with Crippen LogP contribution in [0.4, 0.5) is 0 Å². The molecule has 0 aliphatic rings. The van der Waals surface area contributed by atoms with Crippen molar-refractivity contribution in [1.82, 2.24) is 0 Å². The highest BCUT2D eigenvalue weighted by molar-refractivity contribution is 6.14. The van der Waals surface area contributed by atoms with Gasteiger partial charge in [-0.2, -0.15) is 5.26 Å². The number of rotatable bonds is 6. The number of carbonyl (C=O) groups excluding carboxylic acids is 1. The van der Waals surface area contributed by atoms with E-state index in [1.54, 1.807) is 42.5 Å². The fraction of sp³-hybridized carbons (Fsp3) is 0.158. The molecule has 0 amide bonds. The number of Topliss-reactive ketones (excluding diaryl/α,β-unsaturated/α-hetero) is 1. The van der Waals surface area contributed by atoms with Crippen LogP contribution in [0.3, 0.4) is 0 Å². The summed E-state index contributed by atoms with van der Waals surface area (Å²) in [6.07, 6.45) is 1.49. The Morgan fingerprint density at radius 3 is 2.42 bits per heavy atom. The molecule has 0 saturated heterocycles. The van der Waals surface area contributed by atoms with Crippen LogP contribution in [0.1, 0.15) is 15.9 Å². The Morgan fingerprint density at radius 2 is 1.79 bits per heavy atom. The van der Waals surface area contributed by atoms with Gasteiger partial charge in [0.2, 0.25) is 5.78 Å². The molecule has 0 saturated carbocycles. The topological polar surface area (TPSA) is 68.6 Å². The van der Waals surface area contributed by atoms with E-state index >= 15 is 0 Å². The van der Waals surface area contributed by atoms with Crippen molar-refractivity contribution in [3.63, 3.8) is 0 Å². The predicted molar refractivity (Wildman–Crippen MR) is 90.5 cm³/mol. The van der Waals surface area contributed by atoms with Gasteiger partial charge in [0, 0.05) is 11.1 Å². The summed E-state index contributed by atoms with van der Waals surface area (Å²) in [5.74, 6) is 1.15. The largest absolute Gasteiger partial charge is 0.497 e. The molecule has 0 aliphatic heterocycles. The van der Waals surface area contributed by atoms with E-state index in [0.717, 1.165) is 0 Å². The molecule has 0 heterocycles. The van der Waals surface area contributed by atoms with Gasteiger partial charge in [0.25, 0.3) is 0 Å². The molecule has 5 nitrogen and oxygen atoms in total. The maximum atomic E-state index is 12.6. The lowest BCUT2D eigenvalue weighted by molar-refractivity contribution is 0.103. The molecule has 0 aliphatic carbocycles. The standard InChI is InChI=1S/C19H17NO4/c1-22-16-8-4-6-13(11-16)18(21)15(12-20)10-14-7-5-9-17(23-2)19(14)24-3/h4-11H,1-3H3/b15-10+. The molecule has 0 N–H and O–H groups in total. The molecule has 0 bridgehead atoms. The molecule has 0 spiro atoms. The van der Waals surface area contributed by atoms with Gasteiger partial charge >= 0.3 is 0 Å². The van der Waals surface area contributed by atoms with E-state index in [0.29, 0.717) is 28.4 Å². The van der Waals surface area contributed by atoms with Crippen LogP contribution < -0.4 is 14.2 Å². The second kappa shape index (κ2) is 7.84. The second-order valence-electron chi connectivity index (χ2n) is 4.81. The first-order valence-electron chi connectivity index (χ1n) is 7.16. The molecule has 2 rings (SSSR count). The van der Waals surface area contributed by atoms with Crippen molar-refractivity contribution in [3.8, 4) is 23.3 Å². The Balaban J connectivity index is 2.46. The number of nitrogens with zero attached hydrogens (tertiary/aromatic N) is 1. The third-order valence-corrected chi connectivity index (χ3v) is 3.43. The van der Waals surface area contributed by atoms with Crippen LogP contribution in [0, 0.1) is 11.3 Å². The number of benzene rings is 2. The zero-order valence-corrected chi connectivity index (χ0v) is 13.7. The molecule has 0 radical (unpaired) electrons. The molecule has 122 valence electrons. The summed E-state index contributed by atoms with van der Waals surface area (Å²) < 4.78 is 15.7. The highest BCUT2D eigenvalue weighted by Crippen LogP contribution is 2.32. The van der Waals surface area contributed by atoms with Crippen molar-refractivity contribution in [2.24, 2.45) is 0 Å². The third-order valence-electron chi connectivity index (χ3n) is 3.43. The number of ether oxygens (including phenoxy) is 3. The predicted octanol–water partition coefficient (Wildman–Crippen LogP) is 3.50. The SMILES string of the molecule is COc1cccc(C(=O)/C(C#N)=C/c2cccc(OC)c2OC)c1. The van der Waals surface area contributed by atoms with Crippen LogP contribution in [-0.4, -0.2) is 27.1 Å². The lowest BCUT2D eigenvalue weighted by Crippen LogP contribution is -2.03. The van der Waals surface area contributed by atoms with Gasteiger partial charge in [-0.3, -0.25) is 4.79 Å². The minimum atomic E-state index is -0.388. The van der Waals surface area contributed by atoms with Gasteiger partial charge < -0.3 is 14.2 Å². The van der Waals surface area contributed by atoms with E-state index in [9.17, 15) is 10.1 Å². The van der Waals surface area contributed by atoms with E-state index in [1.807, 2.05) is 6.07 Å². The van der Waals surface area contributed by atoms with E-state index in [4.69, 9.17) is 14.2 Å². The Labute approximate surface area is 140 Å². The summed E-state index contributed by atoms with van der Waals surface area (Å²) in [6, 6.07) is 13.9. The zero-order valence-electron chi connectivity index (χ0n) is 13.7. The Bertz CT molecular complexity index is 818. The van der Waals surface area contributed by atoms with Crippen molar-refractivity contribution in [1.29, 1.82) is 5.26 Å². The minimum Gasteiger partial charge on any atom is -0.497 e. The number of hydrogen-bond donors (Lipinski definition) is 0. The maximum Gasteiger partial charge on any atom is 0.203 e. The molecule has 2 aromatic carbocycles. The average Bonchev–Trinajstić information content (AvgIpc) is 2.65. The summed E-state index contributed by atoms with van der Waals surface area (Å²) >= 11 is 0. The van der Waals surface area contributed by atoms with Crippen LogP contribution in [0.5, 0.6) is 17.2 Å². The molecule has 2 aromatic rings. The summed E-state index contributed by atoms with van der Waals surface area (Å²) in [5, 5.41) is 9.39. The number of hydrogen-bond acceptors (Lipinski definition) is 5. The third kappa shape index (κ3) is 3.55. The Kier molecular flexibility index (Phi) is 5.58. The number of nitriles is 1. The van der Waals surface area contributed by atoms with Gasteiger partial charge in [0.15, 0.2) is 11.5 Å². The van der Waals surface area contributed by atoms with Gasteiger partial charge in [-0.25, -0.2) is 0 Å². The molecule has 0 atom stereocenters. The molecule has 0 fully saturated rings. The van der Waals surface area contributed by atoms with Gasteiger partial charge in [0.1, 0.15) is 17.4 Å². The van der Waals surface area contributed by atoms with Crippen molar-refractivity contribution in [2.75, 3.05) is 21.3 Å². The van der Waals surface area contributed by atoms with Gasteiger partial charge in [-0.15, -0.1) is 0 Å². The minimum absolute atomic E-state index is 0.00481. The molecule has 5 heteroatoms. The van der Waals surface area contributed by atoms with E-state index in [-0.39, 0.29) is 11.4 Å². The van der Waals surface area contributed by atoms with E-state index in [1.165, 1.54) is 27.4 Å². The normalized spacial score (nSPS) is 10.7. The number of para-hydroxylation sites is 1. The average molecular weight is 323 g/mol. The van der Waals surface area contributed by atoms with Crippen LogP contribution in [0.25, 0.3) is 6.08 Å². The molecule has 0 aromatic heterocycles. The Morgan fingerprint density at radius 1 is 1.04 bits per heavy atom. The fourth-order valence-corrected chi connectivity index (χ4v) is 2.25. The van der Waals surface area contributed by atoms with Crippen LogP contribution >= 0.6 is 0 Å². The number of carbonyl (C=O) groups is 1. The summed E-state index contributed by atoms with van der Waals surface area (Å²) in [6.45, 7) is 0. The Hall–Kier alpha value is -3.26. The molecular formula is C19H17NO4. The van der Waals surface area contributed by atoms with Gasteiger partial charge in [0.05, 0.1) is 21.3 Å². The van der Waals surface area contributed by atoms with Crippen LogP contribution in [-0.2, 0) is 0 Å². The number of ketones is 1. The first-order chi connectivity index (χ1) is 11.6. The van der Waals surface area contributed by atoms with Crippen molar-refractivity contribution in [3.05, 3.63) is 59.2 Å². The van der Waals surface area contributed by atoms with Crippen LogP contribution in [0.2, 0.25) is 0 Å². The monoisotopic (exact) mass is 323 g/mol. The highest BCUT2D eigenvalue weighted by Gasteiger charge is 2.15. The highest BCUT2D eigenvalue weighted by atomic mass is 16.5. The lowest BCUT2D eigenvalue weighted by atomic mass is 10.0. The van der Waals surface area contributed by atoms with Crippen molar-refractivity contribution >= 4 is 11.9 Å². The van der Waals surface area contributed by atoms with Crippen molar-refractivity contribution < 1.29 is 19.0 Å². The molecular weight excluding hydrogens is 306 g/mol. The summed E-state index contributed by atoms with van der Waals surface area (Å²) in [4.78, 5) is 12.6. The first kappa shape index (κ1) is 17.1. The fourth-order valence-electron chi connectivity index (χ4n) is 2.25. The van der Waals surface area contributed by atoms with Gasteiger partial charge in [-0.05, 0) is 24.3 Å². The molecule has 0 unspecified atom stereocenters. The summed E-state index contributed by atoms with van der Waals surface area (Å²) in [5.41, 5.74) is 0.962. The summed E-state index contributed by atoms with van der Waals surface area (Å²) in [7, 11) is 4.55. The molecule has 24 heavy (non-hydrogen) atoms. The lowest BCUT2D eigenvalue weighted by Gasteiger charge is -2.10. The van der Waals surface area contributed by atoms with E-state index in [2.05, 4.69) is 0 Å². The van der Waals surface area contributed by atoms with E-state index < -0.39 is 0 Å². The zero-order chi connectivity index (χ0) is 17.5.